The maximum Gasteiger partial charge on any atom is 0.329 e. The van der Waals surface area contributed by atoms with Gasteiger partial charge in [0.05, 0.1) is 6.42 Å². The van der Waals surface area contributed by atoms with E-state index >= 15 is 0 Å². The van der Waals surface area contributed by atoms with Gasteiger partial charge in [-0.05, 0) is 19.8 Å². The van der Waals surface area contributed by atoms with Gasteiger partial charge in [0, 0.05) is 18.8 Å². The SMILES string of the molecule is CCNC(=O)C/C(C)=N/NC(=O)C(=O)NCC(C)C. The van der Waals surface area contributed by atoms with Crippen LogP contribution < -0.4 is 16.1 Å². The summed E-state index contributed by atoms with van der Waals surface area (Å²) in [7, 11) is 0. The van der Waals surface area contributed by atoms with E-state index in [2.05, 4.69) is 21.2 Å². The average Bonchev–Trinajstić information content (AvgIpc) is 2.33. The Morgan fingerprint density at radius 3 is 2.26 bits per heavy atom. The number of carbonyl (C=O) groups is 3. The van der Waals surface area contributed by atoms with Crippen molar-refractivity contribution in [3.05, 3.63) is 0 Å². The first-order valence-electron chi connectivity index (χ1n) is 6.24. The van der Waals surface area contributed by atoms with Crippen LogP contribution in [0.4, 0.5) is 0 Å². The summed E-state index contributed by atoms with van der Waals surface area (Å²) >= 11 is 0. The molecule has 7 nitrogen and oxygen atoms in total. The van der Waals surface area contributed by atoms with Crippen LogP contribution in [0, 0.1) is 5.92 Å². The van der Waals surface area contributed by atoms with E-state index in [-0.39, 0.29) is 18.2 Å². The second-order valence-corrected chi connectivity index (χ2v) is 4.52. The van der Waals surface area contributed by atoms with Crippen LogP contribution >= 0.6 is 0 Å². The fraction of sp³-hybridized carbons (Fsp3) is 0.667. The molecule has 0 unspecified atom stereocenters. The lowest BCUT2D eigenvalue weighted by Crippen LogP contribution is -2.39. The van der Waals surface area contributed by atoms with Crippen molar-refractivity contribution >= 4 is 23.4 Å². The lowest BCUT2D eigenvalue weighted by atomic mass is 10.2. The summed E-state index contributed by atoms with van der Waals surface area (Å²) in [5.74, 6) is -1.49. The van der Waals surface area contributed by atoms with E-state index in [4.69, 9.17) is 0 Å². The summed E-state index contributed by atoms with van der Waals surface area (Å²) in [5.41, 5.74) is 2.54. The Kier molecular flexibility index (Phi) is 8.15. The van der Waals surface area contributed by atoms with Crippen LogP contribution in [-0.4, -0.2) is 36.5 Å². The zero-order valence-corrected chi connectivity index (χ0v) is 11.9. The number of nitrogens with one attached hydrogen (secondary N) is 3. The van der Waals surface area contributed by atoms with Crippen LogP contribution in [0.2, 0.25) is 0 Å². The molecule has 0 aromatic rings. The van der Waals surface area contributed by atoms with E-state index in [0.717, 1.165) is 0 Å². The van der Waals surface area contributed by atoms with E-state index in [1.54, 1.807) is 6.92 Å². The third-order valence-corrected chi connectivity index (χ3v) is 2.02. The van der Waals surface area contributed by atoms with E-state index < -0.39 is 11.8 Å². The lowest BCUT2D eigenvalue weighted by molar-refractivity contribution is -0.139. The highest BCUT2D eigenvalue weighted by atomic mass is 16.2. The third-order valence-electron chi connectivity index (χ3n) is 2.02. The topological polar surface area (TPSA) is 99.7 Å². The molecule has 0 saturated heterocycles. The molecule has 0 atom stereocenters. The number of rotatable bonds is 6. The van der Waals surface area contributed by atoms with E-state index in [1.807, 2.05) is 20.8 Å². The quantitative estimate of drug-likeness (QED) is 0.353. The number of carbonyl (C=O) groups excluding carboxylic acids is 3. The predicted octanol–water partition coefficient (Wildman–Crippen LogP) is -0.223. The molecule has 0 aliphatic rings. The highest BCUT2D eigenvalue weighted by Crippen LogP contribution is 1.88. The molecule has 19 heavy (non-hydrogen) atoms. The highest BCUT2D eigenvalue weighted by molar-refractivity contribution is 6.35. The molecule has 108 valence electrons. The molecular weight excluding hydrogens is 248 g/mol. The first-order valence-corrected chi connectivity index (χ1v) is 6.24. The van der Waals surface area contributed by atoms with Crippen LogP contribution in [-0.2, 0) is 14.4 Å². The Balaban J connectivity index is 4.12. The summed E-state index contributed by atoms with van der Waals surface area (Å²) in [6.07, 6.45) is 0.0851. The van der Waals surface area contributed by atoms with Crippen LogP contribution in [0.1, 0.15) is 34.1 Å². The summed E-state index contributed by atoms with van der Waals surface area (Å²) < 4.78 is 0. The number of hydrogen-bond acceptors (Lipinski definition) is 4. The normalized spacial score (nSPS) is 11.1. The zero-order chi connectivity index (χ0) is 14.8. The van der Waals surface area contributed by atoms with Crippen molar-refractivity contribution in [2.24, 2.45) is 11.0 Å². The molecule has 0 aliphatic heterocycles. The van der Waals surface area contributed by atoms with Crippen LogP contribution in [0.25, 0.3) is 0 Å². The number of hydrazone groups is 1. The molecule has 0 bridgehead atoms. The molecule has 0 radical (unpaired) electrons. The number of nitrogens with zero attached hydrogens (tertiary/aromatic N) is 1. The molecule has 0 aliphatic carbocycles. The van der Waals surface area contributed by atoms with Gasteiger partial charge >= 0.3 is 11.8 Å². The van der Waals surface area contributed by atoms with Gasteiger partial charge in [0.15, 0.2) is 0 Å². The van der Waals surface area contributed by atoms with Gasteiger partial charge in [-0.1, -0.05) is 13.8 Å². The van der Waals surface area contributed by atoms with Crippen molar-refractivity contribution in [3.8, 4) is 0 Å². The standard InChI is InChI=1S/C12H22N4O3/c1-5-13-10(17)6-9(4)15-16-12(19)11(18)14-7-8(2)3/h8H,5-7H2,1-4H3,(H,13,17)(H,14,18)(H,16,19)/b15-9+. The Labute approximate surface area is 113 Å². The summed E-state index contributed by atoms with van der Waals surface area (Å²) in [6, 6.07) is 0. The second-order valence-electron chi connectivity index (χ2n) is 4.52. The molecule has 7 heteroatoms. The van der Waals surface area contributed by atoms with Crippen LogP contribution in [0.5, 0.6) is 0 Å². The molecule has 0 rings (SSSR count). The fourth-order valence-electron chi connectivity index (χ4n) is 1.11. The summed E-state index contributed by atoms with van der Waals surface area (Å²) in [5, 5.41) is 8.76. The number of hydrogen-bond donors (Lipinski definition) is 3. The minimum Gasteiger partial charge on any atom is -0.356 e. The predicted molar refractivity (Wildman–Crippen MR) is 72.4 cm³/mol. The van der Waals surface area contributed by atoms with Gasteiger partial charge in [-0.15, -0.1) is 0 Å². The van der Waals surface area contributed by atoms with Gasteiger partial charge < -0.3 is 10.6 Å². The molecule has 0 spiro atoms. The first kappa shape index (κ1) is 17.1. The molecule has 0 fully saturated rings. The molecular formula is C12H22N4O3. The highest BCUT2D eigenvalue weighted by Gasteiger charge is 2.12. The number of amides is 3. The van der Waals surface area contributed by atoms with Crippen molar-refractivity contribution in [1.82, 2.24) is 16.1 Å². The van der Waals surface area contributed by atoms with Crippen molar-refractivity contribution in [2.75, 3.05) is 13.1 Å². The van der Waals surface area contributed by atoms with E-state index in [0.29, 0.717) is 18.8 Å². The minimum absolute atomic E-state index is 0.0851. The van der Waals surface area contributed by atoms with Crippen LogP contribution in [0.3, 0.4) is 0 Å². The van der Waals surface area contributed by atoms with Crippen molar-refractivity contribution < 1.29 is 14.4 Å². The second kappa shape index (κ2) is 9.07. The van der Waals surface area contributed by atoms with E-state index in [9.17, 15) is 14.4 Å². The minimum atomic E-state index is -0.837. The smallest absolute Gasteiger partial charge is 0.329 e. The lowest BCUT2D eigenvalue weighted by Gasteiger charge is -2.06. The Hall–Kier alpha value is -1.92. The molecule has 0 aromatic heterocycles. The van der Waals surface area contributed by atoms with Gasteiger partial charge in [0.25, 0.3) is 0 Å². The molecule has 0 heterocycles. The fourth-order valence-corrected chi connectivity index (χ4v) is 1.11. The molecule has 0 saturated carbocycles. The maximum absolute atomic E-state index is 11.3. The largest absolute Gasteiger partial charge is 0.356 e. The van der Waals surface area contributed by atoms with E-state index in [1.165, 1.54) is 0 Å². The summed E-state index contributed by atoms with van der Waals surface area (Å²) in [6.45, 7) is 8.22. The van der Waals surface area contributed by atoms with Gasteiger partial charge in [-0.3, -0.25) is 14.4 Å². The Morgan fingerprint density at radius 1 is 1.11 bits per heavy atom. The van der Waals surface area contributed by atoms with Crippen molar-refractivity contribution in [1.29, 1.82) is 0 Å². The Morgan fingerprint density at radius 2 is 1.74 bits per heavy atom. The molecule has 0 aromatic carbocycles. The van der Waals surface area contributed by atoms with Crippen molar-refractivity contribution in [3.63, 3.8) is 0 Å². The zero-order valence-electron chi connectivity index (χ0n) is 11.9. The molecule has 3 amide bonds. The van der Waals surface area contributed by atoms with Gasteiger partial charge in [-0.2, -0.15) is 5.10 Å². The van der Waals surface area contributed by atoms with Gasteiger partial charge in [-0.25, -0.2) is 5.43 Å². The monoisotopic (exact) mass is 270 g/mol. The van der Waals surface area contributed by atoms with Crippen LogP contribution in [0.15, 0.2) is 5.10 Å². The molecule has 3 N–H and O–H groups in total. The first-order chi connectivity index (χ1) is 8.86. The van der Waals surface area contributed by atoms with Gasteiger partial charge in [0.1, 0.15) is 0 Å². The third kappa shape index (κ3) is 8.76. The summed E-state index contributed by atoms with van der Waals surface area (Å²) in [4.78, 5) is 33.9. The maximum atomic E-state index is 11.3. The van der Waals surface area contributed by atoms with Gasteiger partial charge in [0.2, 0.25) is 5.91 Å². The van der Waals surface area contributed by atoms with Crippen molar-refractivity contribution in [2.45, 2.75) is 34.1 Å². The Bertz CT molecular complexity index is 364. The average molecular weight is 270 g/mol.